The normalized spacial score (nSPS) is 32.6. The van der Waals surface area contributed by atoms with Crippen LogP contribution in [-0.2, 0) is 4.74 Å². The Kier molecular flexibility index (Phi) is 5.11. The van der Waals surface area contributed by atoms with Gasteiger partial charge in [-0.25, -0.2) is 4.39 Å². The van der Waals surface area contributed by atoms with Gasteiger partial charge in [-0.1, -0.05) is 37.3 Å². The van der Waals surface area contributed by atoms with Gasteiger partial charge < -0.3 is 9.64 Å². The first-order valence-electron chi connectivity index (χ1n) is 8.48. The highest BCUT2D eigenvalue weighted by Gasteiger charge is 2.25. The van der Waals surface area contributed by atoms with E-state index in [1.54, 1.807) is 6.08 Å². The van der Waals surface area contributed by atoms with Gasteiger partial charge in [0.05, 0.1) is 25.0 Å². The van der Waals surface area contributed by atoms with Crippen LogP contribution in [0.3, 0.4) is 0 Å². The first-order valence-corrected chi connectivity index (χ1v) is 8.48. The molecule has 1 heterocycles. The molecule has 1 aliphatic heterocycles. The second-order valence-electron chi connectivity index (χ2n) is 6.34. The molecule has 0 saturated heterocycles. The molecule has 0 amide bonds. The maximum atomic E-state index is 13.6. The molecule has 0 N–H and O–H groups in total. The molecule has 4 atom stereocenters. The fraction of sp³-hybridized carbons (Fsp3) is 0.526. The SMILES string of the molecule is CCOCCN1C=NC2C=CC(C3=CC(C)C(F)C=C3)=CC1C2. The smallest absolute Gasteiger partial charge is 0.125 e. The van der Waals surface area contributed by atoms with Crippen LogP contribution in [0, 0.1) is 5.92 Å². The van der Waals surface area contributed by atoms with Gasteiger partial charge in [0.15, 0.2) is 0 Å². The molecule has 0 fully saturated rings. The molecule has 2 bridgehead atoms. The van der Waals surface area contributed by atoms with Crippen LogP contribution >= 0.6 is 0 Å². The summed E-state index contributed by atoms with van der Waals surface area (Å²) in [5.74, 6) is -0.0720. The largest absolute Gasteiger partial charge is 0.380 e. The zero-order valence-corrected chi connectivity index (χ0v) is 13.9. The minimum Gasteiger partial charge on any atom is -0.380 e. The molecular formula is C19H25FN2O. The highest BCUT2D eigenvalue weighted by molar-refractivity contribution is 5.60. The molecule has 23 heavy (non-hydrogen) atoms. The molecule has 0 aromatic heterocycles. The van der Waals surface area contributed by atoms with E-state index in [0.29, 0.717) is 12.6 Å². The molecule has 3 aliphatic rings. The average molecular weight is 316 g/mol. The van der Waals surface area contributed by atoms with Gasteiger partial charge in [0.1, 0.15) is 6.17 Å². The Bertz CT molecular complexity index is 576. The van der Waals surface area contributed by atoms with Crippen molar-refractivity contribution in [2.75, 3.05) is 19.8 Å². The number of aliphatic imine (C=N–C) groups is 1. The van der Waals surface area contributed by atoms with Crippen molar-refractivity contribution in [3.8, 4) is 0 Å². The predicted molar refractivity (Wildman–Crippen MR) is 92.4 cm³/mol. The molecule has 124 valence electrons. The quantitative estimate of drug-likeness (QED) is 0.726. The van der Waals surface area contributed by atoms with Crippen LogP contribution in [0.5, 0.6) is 0 Å². The Labute approximate surface area is 137 Å². The van der Waals surface area contributed by atoms with Crippen molar-refractivity contribution >= 4 is 6.34 Å². The number of alkyl halides is 1. The second-order valence-corrected chi connectivity index (χ2v) is 6.34. The lowest BCUT2D eigenvalue weighted by molar-refractivity contribution is 0.125. The lowest BCUT2D eigenvalue weighted by Crippen LogP contribution is -2.40. The topological polar surface area (TPSA) is 24.8 Å². The molecule has 3 nitrogen and oxygen atoms in total. The number of fused-ring (bicyclic) bond motifs is 2. The summed E-state index contributed by atoms with van der Waals surface area (Å²) in [6.07, 6.45) is 14.2. The number of allylic oxidation sites excluding steroid dienone is 6. The van der Waals surface area contributed by atoms with Gasteiger partial charge in [0, 0.05) is 19.1 Å². The minimum absolute atomic E-state index is 0.0720. The van der Waals surface area contributed by atoms with Gasteiger partial charge in [0.2, 0.25) is 0 Å². The summed E-state index contributed by atoms with van der Waals surface area (Å²) in [5, 5.41) is 0. The summed E-state index contributed by atoms with van der Waals surface area (Å²) < 4.78 is 19.1. The lowest BCUT2D eigenvalue weighted by Gasteiger charge is -2.32. The van der Waals surface area contributed by atoms with Gasteiger partial charge in [-0.05, 0) is 30.6 Å². The third-order valence-corrected chi connectivity index (χ3v) is 4.62. The monoisotopic (exact) mass is 316 g/mol. The van der Waals surface area contributed by atoms with E-state index < -0.39 is 6.17 Å². The molecule has 3 rings (SSSR count). The van der Waals surface area contributed by atoms with Gasteiger partial charge in [-0.2, -0.15) is 0 Å². The number of ether oxygens (including phenoxy) is 1. The highest BCUT2D eigenvalue weighted by atomic mass is 19.1. The van der Waals surface area contributed by atoms with E-state index >= 15 is 0 Å². The lowest BCUT2D eigenvalue weighted by atomic mass is 9.91. The van der Waals surface area contributed by atoms with Crippen LogP contribution < -0.4 is 0 Å². The van der Waals surface area contributed by atoms with Crippen LogP contribution in [0.2, 0.25) is 0 Å². The van der Waals surface area contributed by atoms with Crippen LogP contribution in [0.15, 0.2) is 52.6 Å². The van der Waals surface area contributed by atoms with Crippen LogP contribution in [0.4, 0.5) is 4.39 Å². The zero-order valence-electron chi connectivity index (χ0n) is 13.9. The molecule has 4 unspecified atom stereocenters. The first kappa shape index (κ1) is 16.2. The fourth-order valence-corrected chi connectivity index (χ4v) is 3.19. The van der Waals surface area contributed by atoms with Crippen LogP contribution in [0.25, 0.3) is 0 Å². The predicted octanol–water partition coefficient (Wildman–Crippen LogP) is 3.46. The van der Waals surface area contributed by atoms with Crippen molar-refractivity contribution in [2.45, 2.75) is 38.5 Å². The number of hydrogen-bond donors (Lipinski definition) is 0. The Hall–Kier alpha value is -1.68. The maximum Gasteiger partial charge on any atom is 0.125 e. The summed E-state index contributed by atoms with van der Waals surface area (Å²) >= 11 is 0. The molecule has 0 aromatic rings. The maximum absolute atomic E-state index is 13.6. The third kappa shape index (κ3) is 3.81. The van der Waals surface area contributed by atoms with Crippen LogP contribution in [0.1, 0.15) is 20.3 Å². The van der Waals surface area contributed by atoms with Crippen molar-refractivity contribution in [1.29, 1.82) is 0 Å². The van der Waals surface area contributed by atoms with E-state index in [1.165, 1.54) is 5.57 Å². The molecule has 0 spiro atoms. The van der Waals surface area contributed by atoms with Crippen molar-refractivity contribution in [2.24, 2.45) is 10.9 Å². The van der Waals surface area contributed by atoms with Crippen molar-refractivity contribution in [3.05, 3.63) is 47.6 Å². The molecule has 4 heteroatoms. The van der Waals surface area contributed by atoms with Gasteiger partial charge in [-0.15, -0.1) is 0 Å². The van der Waals surface area contributed by atoms with E-state index in [9.17, 15) is 4.39 Å². The molecular weight excluding hydrogens is 291 g/mol. The second kappa shape index (κ2) is 7.26. The molecule has 0 saturated carbocycles. The number of halogens is 1. The van der Waals surface area contributed by atoms with E-state index in [4.69, 9.17) is 4.74 Å². The summed E-state index contributed by atoms with van der Waals surface area (Å²) in [6, 6.07) is 0.548. The van der Waals surface area contributed by atoms with Gasteiger partial charge in [-0.3, -0.25) is 4.99 Å². The van der Waals surface area contributed by atoms with Crippen molar-refractivity contribution in [1.82, 2.24) is 4.90 Å². The zero-order chi connectivity index (χ0) is 16.2. The standard InChI is InChI=1S/C19H25FN2O/c1-3-23-9-8-22-13-21-17-6-4-16(11-18(22)12-17)15-5-7-19(20)14(2)10-15/h4-7,10-11,13-14,17-19H,3,8-9,12H2,1-2H3. The molecule has 0 aromatic carbocycles. The van der Waals surface area contributed by atoms with E-state index in [2.05, 4.69) is 28.1 Å². The summed E-state index contributed by atoms with van der Waals surface area (Å²) in [7, 11) is 0. The van der Waals surface area contributed by atoms with Gasteiger partial charge in [0.25, 0.3) is 0 Å². The summed E-state index contributed by atoms with van der Waals surface area (Å²) in [4.78, 5) is 6.85. The van der Waals surface area contributed by atoms with Gasteiger partial charge >= 0.3 is 0 Å². The number of hydrogen-bond acceptors (Lipinski definition) is 3. The number of rotatable bonds is 5. The summed E-state index contributed by atoms with van der Waals surface area (Å²) in [6.45, 7) is 6.22. The summed E-state index contributed by atoms with van der Waals surface area (Å²) in [5.41, 5.74) is 2.28. The first-order chi connectivity index (χ1) is 11.2. The Morgan fingerprint density at radius 1 is 1.26 bits per heavy atom. The number of nitrogens with zero attached hydrogens (tertiary/aromatic N) is 2. The van der Waals surface area contributed by atoms with E-state index in [1.807, 2.05) is 32.3 Å². The fourth-order valence-electron chi connectivity index (χ4n) is 3.19. The van der Waals surface area contributed by atoms with E-state index in [-0.39, 0.29) is 12.0 Å². The molecule has 2 aliphatic carbocycles. The highest BCUT2D eigenvalue weighted by Crippen LogP contribution is 2.29. The minimum atomic E-state index is -0.876. The Balaban J connectivity index is 1.78. The van der Waals surface area contributed by atoms with Crippen molar-refractivity contribution in [3.63, 3.8) is 0 Å². The van der Waals surface area contributed by atoms with Crippen molar-refractivity contribution < 1.29 is 9.13 Å². The third-order valence-electron chi connectivity index (χ3n) is 4.62. The average Bonchev–Trinajstić information content (AvgIpc) is 2.72. The Morgan fingerprint density at radius 2 is 2.04 bits per heavy atom. The molecule has 0 radical (unpaired) electrons. The Morgan fingerprint density at radius 3 is 2.83 bits per heavy atom. The van der Waals surface area contributed by atoms with Crippen LogP contribution in [-0.4, -0.2) is 49.3 Å². The van der Waals surface area contributed by atoms with E-state index in [0.717, 1.165) is 25.1 Å².